The Labute approximate surface area is 167 Å². The van der Waals surface area contributed by atoms with Crippen LogP contribution in [0.5, 0.6) is 0 Å². The van der Waals surface area contributed by atoms with Gasteiger partial charge in [-0.15, -0.1) is 0 Å². The zero-order valence-electron chi connectivity index (χ0n) is 15.4. The number of carbonyl (C=O) groups excluding carboxylic acids is 2. The molecule has 5 nitrogen and oxygen atoms in total. The summed E-state index contributed by atoms with van der Waals surface area (Å²) in [4.78, 5) is 27.0. The van der Waals surface area contributed by atoms with E-state index in [2.05, 4.69) is 21.2 Å². The van der Waals surface area contributed by atoms with Crippen LogP contribution in [0.25, 0.3) is 0 Å². The van der Waals surface area contributed by atoms with Gasteiger partial charge in [0.1, 0.15) is 0 Å². The zero-order chi connectivity index (χ0) is 19.6. The summed E-state index contributed by atoms with van der Waals surface area (Å²) in [5, 5.41) is 2.69. The molecule has 2 aromatic carbocycles. The Balaban J connectivity index is 1.86. The number of anilines is 1. The number of halogens is 1. The number of ketones is 1. The number of ether oxygens (including phenoxy) is 1. The number of allylic oxidation sites excluding steroid dienone is 1. The Bertz CT molecular complexity index is 893. The molecule has 1 aliphatic rings. The van der Waals surface area contributed by atoms with E-state index in [-0.39, 0.29) is 5.78 Å². The molecule has 0 saturated heterocycles. The molecule has 0 spiro atoms. The number of carbonyl (C=O) groups is 2. The van der Waals surface area contributed by atoms with Crippen molar-refractivity contribution in [3.05, 3.63) is 75.9 Å². The topological polar surface area (TPSA) is 58.6 Å². The quantitative estimate of drug-likeness (QED) is 0.759. The summed E-state index contributed by atoms with van der Waals surface area (Å²) in [5.41, 5.74) is 3.41. The first-order chi connectivity index (χ1) is 12.9. The minimum absolute atomic E-state index is 0.231. The van der Waals surface area contributed by atoms with Gasteiger partial charge in [0, 0.05) is 29.0 Å². The molecular weight excluding hydrogens is 408 g/mol. The summed E-state index contributed by atoms with van der Waals surface area (Å²) in [5.74, 6) is -0.231. The van der Waals surface area contributed by atoms with Gasteiger partial charge >= 0.3 is 6.09 Å². The molecule has 0 fully saturated rings. The van der Waals surface area contributed by atoms with Crippen LogP contribution in [0.2, 0.25) is 0 Å². The van der Waals surface area contributed by atoms with Crippen molar-refractivity contribution in [2.75, 3.05) is 12.4 Å². The average Bonchev–Trinajstić information content (AvgIpc) is 2.63. The third-order valence-electron chi connectivity index (χ3n) is 4.65. The number of nitrogens with one attached hydrogen (secondary N) is 1. The van der Waals surface area contributed by atoms with Crippen molar-refractivity contribution in [2.24, 2.45) is 0 Å². The second-order valence-electron chi connectivity index (χ2n) is 6.58. The number of benzene rings is 2. The number of rotatable bonds is 3. The Morgan fingerprint density at radius 3 is 2.44 bits per heavy atom. The van der Waals surface area contributed by atoms with E-state index in [1.54, 1.807) is 12.1 Å². The maximum Gasteiger partial charge on any atom is 0.412 e. The van der Waals surface area contributed by atoms with Crippen LogP contribution < -0.4 is 5.32 Å². The van der Waals surface area contributed by atoms with Crippen molar-refractivity contribution in [1.29, 1.82) is 0 Å². The van der Waals surface area contributed by atoms with Crippen LogP contribution in [0.3, 0.4) is 0 Å². The van der Waals surface area contributed by atoms with E-state index in [1.807, 2.05) is 62.2 Å². The van der Waals surface area contributed by atoms with Crippen molar-refractivity contribution in [3.63, 3.8) is 0 Å². The highest BCUT2D eigenvalue weighted by Crippen LogP contribution is 2.36. The van der Waals surface area contributed by atoms with Gasteiger partial charge in [-0.05, 0) is 37.6 Å². The van der Waals surface area contributed by atoms with Gasteiger partial charge in [0.15, 0.2) is 6.10 Å². The average molecular weight is 429 g/mol. The van der Waals surface area contributed by atoms with Gasteiger partial charge in [-0.2, -0.15) is 0 Å². The number of hydrogen-bond acceptors (Lipinski definition) is 4. The predicted molar refractivity (Wildman–Crippen MR) is 108 cm³/mol. The highest BCUT2D eigenvalue weighted by Gasteiger charge is 2.39. The number of aryl methyl sites for hydroxylation is 1. The third-order valence-corrected chi connectivity index (χ3v) is 5.37. The summed E-state index contributed by atoms with van der Waals surface area (Å²) < 4.78 is 6.43. The molecule has 0 aliphatic carbocycles. The van der Waals surface area contributed by atoms with E-state index in [1.165, 1.54) is 6.08 Å². The predicted octanol–water partition coefficient (Wildman–Crippen LogP) is 4.83. The number of amides is 1. The van der Waals surface area contributed by atoms with Crippen molar-refractivity contribution < 1.29 is 14.3 Å². The summed E-state index contributed by atoms with van der Waals surface area (Å²) in [6.07, 6.45) is -0.0876. The lowest BCUT2D eigenvalue weighted by Gasteiger charge is -2.38. The van der Waals surface area contributed by atoms with Gasteiger partial charge in [-0.3, -0.25) is 10.1 Å². The molecule has 1 N–H and O–H groups in total. The molecule has 2 atom stereocenters. The summed E-state index contributed by atoms with van der Waals surface area (Å²) in [6, 6.07) is 14.6. The van der Waals surface area contributed by atoms with Gasteiger partial charge in [0.25, 0.3) is 0 Å². The van der Waals surface area contributed by atoms with Crippen LogP contribution in [-0.2, 0) is 9.53 Å². The van der Waals surface area contributed by atoms with Crippen LogP contribution in [0.4, 0.5) is 10.5 Å². The van der Waals surface area contributed by atoms with Gasteiger partial charge in [-0.25, -0.2) is 4.79 Å². The summed E-state index contributed by atoms with van der Waals surface area (Å²) in [7, 11) is 1.89. The van der Waals surface area contributed by atoms with E-state index in [4.69, 9.17) is 4.74 Å². The number of likely N-dealkylation sites (N-methyl/N-ethyl adjacent to an activating group) is 1. The molecule has 1 aliphatic heterocycles. The fourth-order valence-electron chi connectivity index (χ4n) is 3.08. The Morgan fingerprint density at radius 1 is 1.11 bits per heavy atom. The first kappa shape index (κ1) is 19.2. The van der Waals surface area contributed by atoms with Crippen LogP contribution >= 0.6 is 15.9 Å². The fraction of sp³-hybridized carbons (Fsp3) is 0.238. The normalized spacial score (nSPS) is 19.5. The van der Waals surface area contributed by atoms with E-state index in [9.17, 15) is 9.59 Å². The first-order valence-corrected chi connectivity index (χ1v) is 9.40. The summed E-state index contributed by atoms with van der Waals surface area (Å²) in [6.45, 7) is 3.83. The maximum absolute atomic E-state index is 12.7. The van der Waals surface area contributed by atoms with E-state index >= 15 is 0 Å². The molecule has 1 heterocycles. The second kappa shape index (κ2) is 7.96. The van der Waals surface area contributed by atoms with Crippen LogP contribution in [0.1, 0.15) is 24.1 Å². The SMILES string of the molecule is CC1=CC(=O)[C@@H](OC(=O)Nc2ccc(C)cc2)[C@@H](c2ccccc2Br)N1C. The number of hydrogen-bond donors (Lipinski definition) is 1. The molecule has 0 radical (unpaired) electrons. The van der Waals surface area contributed by atoms with Crippen molar-refractivity contribution >= 4 is 33.5 Å². The molecule has 0 aromatic heterocycles. The lowest BCUT2D eigenvalue weighted by atomic mass is 9.93. The molecule has 3 rings (SSSR count). The lowest BCUT2D eigenvalue weighted by Crippen LogP contribution is -2.44. The molecule has 0 unspecified atom stereocenters. The Kier molecular flexibility index (Phi) is 5.65. The minimum Gasteiger partial charge on any atom is -0.435 e. The second-order valence-corrected chi connectivity index (χ2v) is 7.44. The Hall–Kier alpha value is -2.60. The minimum atomic E-state index is -0.942. The van der Waals surface area contributed by atoms with Gasteiger partial charge in [0.05, 0.1) is 6.04 Å². The van der Waals surface area contributed by atoms with Crippen LogP contribution in [0.15, 0.2) is 64.8 Å². The van der Waals surface area contributed by atoms with Crippen LogP contribution in [0, 0.1) is 6.92 Å². The van der Waals surface area contributed by atoms with Gasteiger partial charge in [-0.1, -0.05) is 51.8 Å². The smallest absolute Gasteiger partial charge is 0.412 e. The third kappa shape index (κ3) is 4.22. The fourth-order valence-corrected chi connectivity index (χ4v) is 3.60. The van der Waals surface area contributed by atoms with E-state index < -0.39 is 18.2 Å². The summed E-state index contributed by atoms with van der Waals surface area (Å²) >= 11 is 3.54. The van der Waals surface area contributed by atoms with E-state index in [0.717, 1.165) is 21.3 Å². The molecule has 6 heteroatoms. The molecule has 140 valence electrons. The van der Waals surface area contributed by atoms with Crippen molar-refractivity contribution in [3.8, 4) is 0 Å². The molecular formula is C21H21BrN2O3. The standard InChI is InChI=1S/C21H21BrN2O3/c1-13-8-10-15(11-9-13)23-21(26)27-20-18(25)12-14(2)24(3)19(20)16-6-4-5-7-17(16)22/h4-12,19-20H,1-3H3,(H,23,26)/t19-,20-/m1/s1. The largest absolute Gasteiger partial charge is 0.435 e. The highest BCUT2D eigenvalue weighted by atomic mass is 79.9. The van der Waals surface area contributed by atoms with Crippen molar-refractivity contribution in [1.82, 2.24) is 4.90 Å². The number of nitrogens with zero attached hydrogens (tertiary/aromatic N) is 1. The van der Waals surface area contributed by atoms with Gasteiger partial charge < -0.3 is 9.64 Å². The Morgan fingerprint density at radius 2 is 1.78 bits per heavy atom. The highest BCUT2D eigenvalue weighted by molar-refractivity contribution is 9.10. The lowest BCUT2D eigenvalue weighted by molar-refractivity contribution is -0.126. The molecule has 0 saturated carbocycles. The monoisotopic (exact) mass is 428 g/mol. The first-order valence-electron chi connectivity index (χ1n) is 8.60. The molecule has 27 heavy (non-hydrogen) atoms. The maximum atomic E-state index is 12.7. The van der Waals surface area contributed by atoms with E-state index in [0.29, 0.717) is 5.69 Å². The molecule has 2 aromatic rings. The van der Waals surface area contributed by atoms with Gasteiger partial charge in [0.2, 0.25) is 5.78 Å². The van der Waals surface area contributed by atoms with Crippen LogP contribution in [-0.4, -0.2) is 29.9 Å². The zero-order valence-corrected chi connectivity index (χ0v) is 17.0. The molecule has 0 bridgehead atoms. The van der Waals surface area contributed by atoms with Crippen molar-refractivity contribution in [2.45, 2.75) is 26.0 Å². The molecule has 1 amide bonds.